The fourth-order valence-corrected chi connectivity index (χ4v) is 4.24. The lowest BCUT2D eigenvalue weighted by molar-refractivity contribution is -0.122. The van der Waals surface area contributed by atoms with Gasteiger partial charge >= 0.3 is 0 Å². The SMILES string of the molecule is CCc1nnc(NC(=O)CCN2C(=O)/C(=C\c3ccccc3)SC2=S)s1. The second-order valence-electron chi connectivity index (χ2n) is 5.40. The van der Waals surface area contributed by atoms with Crippen LogP contribution in [-0.2, 0) is 16.0 Å². The van der Waals surface area contributed by atoms with Gasteiger partial charge in [-0.3, -0.25) is 14.5 Å². The summed E-state index contributed by atoms with van der Waals surface area (Å²) in [7, 11) is 0. The number of anilines is 1. The van der Waals surface area contributed by atoms with Gasteiger partial charge in [0.05, 0.1) is 4.91 Å². The third kappa shape index (κ3) is 4.54. The number of amides is 2. The smallest absolute Gasteiger partial charge is 0.266 e. The van der Waals surface area contributed by atoms with Crippen molar-refractivity contribution in [3.8, 4) is 0 Å². The van der Waals surface area contributed by atoms with E-state index in [1.807, 2.05) is 43.3 Å². The molecule has 0 bridgehead atoms. The molecule has 2 amide bonds. The molecule has 0 spiro atoms. The lowest BCUT2D eigenvalue weighted by Gasteiger charge is -2.13. The minimum absolute atomic E-state index is 0.145. The van der Waals surface area contributed by atoms with Crippen LogP contribution in [-0.4, -0.2) is 37.8 Å². The van der Waals surface area contributed by atoms with Crippen LogP contribution in [0.4, 0.5) is 5.13 Å². The van der Waals surface area contributed by atoms with Crippen molar-refractivity contribution in [1.82, 2.24) is 15.1 Å². The minimum atomic E-state index is -0.218. The van der Waals surface area contributed by atoms with Crippen molar-refractivity contribution in [2.24, 2.45) is 0 Å². The number of hydrogen-bond donors (Lipinski definition) is 1. The zero-order chi connectivity index (χ0) is 18.5. The van der Waals surface area contributed by atoms with Crippen molar-refractivity contribution in [3.05, 3.63) is 45.8 Å². The number of benzene rings is 1. The molecule has 2 aromatic rings. The maximum absolute atomic E-state index is 12.5. The van der Waals surface area contributed by atoms with Gasteiger partial charge in [0.25, 0.3) is 5.91 Å². The Balaban J connectivity index is 1.57. The van der Waals surface area contributed by atoms with Crippen LogP contribution in [0.5, 0.6) is 0 Å². The maximum Gasteiger partial charge on any atom is 0.266 e. The van der Waals surface area contributed by atoms with E-state index in [4.69, 9.17) is 12.2 Å². The first kappa shape index (κ1) is 18.7. The van der Waals surface area contributed by atoms with Crippen molar-refractivity contribution in [3.63, 3.8) is 0 Å². The standard InChI is InChI=1S/C17H16N4O2S3/c1-2-14-19-20-16(26-14)18-13(22)8-9-21-15(23)12(25-17(21)24)10-11-6-4-3-5-7-11/h3-7,10H,2,8-9H2,1H3,(H,18,20,22)/b12-10+. The van der Waals surface area contributed by atoms with E-state index in [1.165, 1.54) is 28.0 Å². The summed E-state index contributed by atoms with van der Waals surface area (Å²) in [5.74, 6) is -0.384. The van der Waals surface area contributed by atoms with Gasteiger partial charge in [-0.2, -0.15) is 0 Å². The molecule has 3 rings (SSSR count). The van der Waals surface area contributed by atoms with Crippen molar-refractivity contribution in [2.45, 2.75) is 19.8 Å². The molecule has 1 saturated heterocycles. The number of rotatable bonds is 6. The van der Waals surface area contributed by atoms with Gasteiger partial charge in [0, 0.05) is 13.0 Å². The van der Waals surface area contributed by atoms with Gasteiger partial charge in [-0.15, -0.1) is 10.2 Å². The van der Waals surface area contributed by atoms with Crippen LogP contribution in [0.25, 0.3) is 6.08 Å². The molecule has 1 fully saturated rings. The number of nitrogens with zero attached hydrogens (tertiary/aromatic N) is 3. The van der Waals surface area contributed by atoms with Crippen LogP contribution in [0.1, 0.15) is 23.9 Å². The third-order valence-corrected chi connectivity index (χ3v) is 5.91. The summed E-state index contributed by atoms with van der Waals surface area (Å²) in [4.78, 5) is 26.6. The quantitative estimate of drug-likeness (QED) is 0.588. The van der Waals surface area contributed by atoms with Gasteiger partial charge < -0.3 is 5.32 Å². The van der Waals surface area contributed by atoms with Crippen LogP contribution in [0.2, 0.25) is 0 Å². The van der Waals surface area contributed by atoms with Crippen LogP contribution in [0.15, 0.2) is 35.2 Å². The summed E-state index contributed by atoms with van der Waals surface area (Å²) in [6, 6.07) is 9.59. The Labute approximate surface area is 164 Å². The summed E-state index contributed by atoms with van der Waals surface area (Å²) in [5, 5.41) is 11.9. The molecular weight excluding hydrogens is 388 g/mol. The molecule has 0 radical (unpaired) electrons. The van der Waals surface area contributed by atoms with Gasteiger partial charge in [0.2, 0.25) is 11.0 Å². The average molecular weight is 405 g/mol. The largest absolute Gasteiger partial charge is 0.300 e. The Morgan fingerprint density at radius 1 is 1.31 bits per heavy atom. The number of hydrogen-bond acceptors (Lipinski definition) is 7. The number of aromatic nitrogens is 2. The molecule has 1 aromatic heterocycles. The van der Waals surface area contributed by atoms with Gasteiger partial charge in [0.15, 0.2) is 0 Å². The predicted molar refractivity (Wildman–Crippen MR) is 109 cm³/mol. The van der Waals surface area contributed by atoms with E-state index in [0.717, 1.165) is 17.0 Å². The Kier molecular flexibility index (Phi) is 6.12. The molecule has 9 heteroatoms. The van der Waals surface area contributed by atoms with E-state index in [9.17, 15) is 9.59 Å². The highest BCUT2D eigenvalue weighted by atomic mass is 32.2. The minimum Gasteiger partial charge on any atom is -0.300 e. The van der Waals surface area contributed by atoms with Crippen molar-refractivity contribution in [1.29, 1.82) is 0 Å². The maximum atomic E-state index is 12.5. The molecular formula is C17H16N4O2S3. The molecule has 1 aromatic carbocycles. The van der Waals surface area contributed by atoms with Gasteiger partial charge in [-0.05, 0) is 18.1 Å². The predicted octanol–water partition coefficient (Wildman–Crippen LogP) is 3.33. The highest BCUT2D eigenvalue weighted by molar-refractivity contribution is 8.26. The lowest BCUT2D eigenvalue weighted by atomic mass is 10.2. The summed E-state index contributed by atoms with van der Waals surface area (Å²) in [5.41, 5.74) is 0.939. The van der Waals surface area contributed by atoms with Crippen molar-refractivity contribution >= 4 is 62.7 Å². The molecule has 26 heavy (non-hydrogen) atoms. The zero-order valence-electron chi connectivity index (χ0n) is 14.0. The molecule has 0 aliphatic carbocycles. The molecule has 0 atom stereocenters. The number of carbonyl (C=O) groups is 2. The topological polar surface area (TPSA) is 75.2 Å². The molecule has 6 nitrogen and oxygen atoms in total. The number of nitrogens with one attached hydrogen (secondary N) is 1. The third-order valence-electron chi connectivity index (χ3n) is 3.55. The van der Waals surface area contributed by atoms with E-state index in [2.05, 4.69) is 15.5 Å². The summed E-state index contributed by atoms with van der Waals surface area (Å²) in [6.07, 6.45) is 2.73. The van der Waals surface area contributed by atoms with Gasteiger partial charge in [-0.1, -0.05) is 72.6 Å². The Morgan fingerprint density at radius 3 is 2.77 bits per heavy atom. The summed E-state index contributed by atoms with van der Waals surface area (Å²) < 4.78 is 0.467. The van der Waals surface area contributed by atoms with Crippen LogP contribution in [0, 0.1) is 0 Å². The zero-order valence-corrected chi connectivity index (χ0v) is 16.4. The molecule has 1 N–H and O–H groups in total. The highest BCUT2D eigenvalue weighted by Crippen LogP contribution is 2.32. The first-order chi connectivity index (χ1) is 12.6. The van der Waals surface area contributed by atoms with E-state index >= 15 is 0 Å². The van der Waals surface area contributed by atoms with E-state index in [0.29, 0.717) is 14.4 Å². The molecule has 0 unspecified atom stereocenters. The summed E-state index contributed by atoms with van der Waals surface area (Å²) in [6.45, 7) is 2.21. The van der Waals surface area contributed by atoms with Gasteiger partial charge in [0.1, 0.15) is 9.33 Å². The van der Waals surface area contributed by atoms with E-state index in [1.54, 1.807) is 0 Å². The number of thiocarbonyl (C=S) groups is 1. The molecule has 1 aliphatic heterocycles. The Bertz CT molecular complexity index is 864. The summed E-state index contributed by atoms with van der Waals surface area (Å²) >= 11 is 7.89. The molecule has 134 valence electrons. The fraction of sp³-hybridized carbons (Fsp3) is 0.235. The van der Waals surface area contributed by atoms with Crippen molar-refractivity contribution in [2.75, 3.05) is 11.9 Å². The van der Waals surface area contributed by atoms with Crippen LogP contribution < -0.4 is 5.32 Å². The highest BCUT2D eigenvalue weighted by Gasteiger charge is 2.32. The second-order valence-corrected chi connectivity index (χ2v) is 8.13. The number of thioether (sulfide) groups is 1. The second kappa shape index (κ2) is 8.52. The lowest BCUT2D eigenvalue weighted by Crippen LogP contribution is -2.31. The monoisotopic (exact) mass is 404 g/mol. The normalized spacial score (nSPS) is 15.7. The van der Waals surface area contributed by atoms with Crippen LogP contribution in [0.3, 0.4) is 0 Å². The van der Waals surface area contributed by atoms with Crippen molar-refractivity contribution < 1.29 is 9.59 Å². The first-order valence-corrected chi connectivity index (χ1v) is 10.0. The first-order valence-electron chi connectivity index (χ1n) is 7.99. The molecule has 1 aliphatic rings. The van der Waals surface area contributed by atoms with Gasteiger partial charge in [-0.25, -0.2) is 0 Å². The van der Waals surface area contributed by atoms with E-state index < -0.39 is 0 Å². The molecule has 2 heterocycles. The van der Waals surface area contributed by atoms with E-state index in [-0.39, 0.29) is 24.8 Å². The van der Waals surface area contributed by atoms with Crippen LogP contribution >= 0.6 is 35.3 Å². The Hall–Kier alpha value is -2.10. The number of aryl methyl sites for hydroxylation is 1. The molecule has 0 saturated carbocycles. The Morgan fingerprint density at radius 2 is 2.08 bits per heavy atom. The fourth-order valence-electron chi connectivity index (χ4n) is 2.24. The number of carbonyl (C=O) groups excluding carboxylic acids is 2. The average Bonchev–Trinajstić information content (AvgIpc) is 3.19.